The molecule has 0 saturated carbocycles. The van der Waals surface area contributed by atoms with E-state index < -0.39 is 0 Å². The van der Waals surface area contributed by atoms with Crippen molar-refractivity contribution in [1.29, 1.82) is 0 Å². The standard InChI is InChI=1S/C17H27N3O2/c1-21-16-9-12-3-7-20-8-4-13(19-6-5-18)10-15(20)14(12)11-17(16)22-2/h9,11,13,15,19H,3-8,10,18H2,1-2H3. The van der Waals surface area contributed by atoms with Crippen molar-refractivity contribution in [2.75, 3.05) is 40.4 Å². The maximum absolute atomic E-state index is 5.62. The summed E-state index contributed by atoms with van der Waals surface area (Å²) in [5, 5.41) is 3.58. The van der Waals surface area contributed by atoms with E-state index in [9.17, 15) is 0 Å². The Morgan fingerprint density at radius 3 is 2.73 bits per heavy atom. The van der Waals surface area contributed by atoms with Crippen LogP contribution in [0, 0.1) is 0 Å². The van der Waals surface area contributed by atoms with Gasteiger partial charge in [0.1, 0.15) is 0 Å². The topological polar surface area (TPSA) is 59.8 Å². The number of nitrogens with one attached hydrogen (secondary N) is 1. The Labute approximate surface area is 132 Å². The lowest BCUT2D eigenvalue weighted by Crippen LogP contribution is -2.47. The molecule has 1 saturated heterocycles. The smallest absolute Gasteiger partial charge is 0.161 e. The molecule has 0 amide bonds. The van der Waals surface area contributed by atoms with Gasteiger partial charge in [0.15, 0.2) is 11.5 Å². The van der Waals surface area contributed by atoms with Crippen molar-refractivity contribution in [3.05, 3.63) is 23.3 Å². The molecule has 2 aliphatic rings. The van der Waals surface area contributed by atoms with Crippen LogP contribution in [0.1, 0.15) is 30.0 Å². The SMILES string of the molecule is COc1cc2c(cc1OC)C1CC(NCCN)CCN1CC2. The molecule has 1 fully saturated rings. The third-order valence-corrected chi connectivity index (χ3v) is 4.96. The maximum Gasteiger partial charge on any atom is 0.161 e. The van der Waals surface area contributed by atoms with Crippen molar-refractivity contribution in [1.82, 2.24) is 10.2 Å². The van der Waals surface area contributed by atoms with Crippen LogP contribution in [0.2, 0.25) is 0 Å². The summed E-state index contributed by atoms with van der Waals surface area (Å²) >= 11 is 0. The van der Waals surface area contributed by atoms with Crippen LogP contribution in [0.25, 0.3) is 0 Å². The van der Waals surface area contributed by atoms with E-state index in [2.05, 4.69) is 22.3 Å². The fourth-order valence-electron chi connectivity index (χ4n) is 3.81. The molecule has 0 aliphatic carbocycles. The van der Waals surface area contributed by atoms with Gasteiger partial charge in [0.05, 0.1) is 14.2 Å². The number of nitrogens with zero attached hydrogens (tertiary/aromatic N) is 1. The Kier molecular flexibility index (Phi) is 4.86. The monoisotopic (exact) mass is 305 g/mol. The molecule has 122 valence electrons. The Hall–Kier alpha value is -1.30. The van der Waals surface area contributed by atoms with Crippen LogP contribution >= 0.6 is 0 Å². The highest BCUT2D eigenvalue weighted by Gasteiger charge is 2.34. The van der Waals surface area contributed by atoms with E-state index in [1.54, 1.807) is 14.2 Å². The molecule has 22 heavy (non-hydrogen) atoms. The second-order valence-electron chi connectivity index (χ2n) is 6.17. The number of hydrogen-bond donors (Lipinski definition) is 2. The highest BCUT2D eigenvalue weighted by molar-refractivity contribution is 5.49. The molecular weight excluding hydrogens is 278 g/mol. The molecule has 5 nitrogen and oxygen atoms in total. The minimum atomic E-state index is 0.479. The first-order valence-corrected chi connectivity index (χ1v) is 8.19. The first kappa shape index (κ1) is 15.6. The molecule has 0 bridgehead atoms. The molecule has 0 spiro atoms. The van der Waals surface area contributed by atoms with Gasteiger partial charge in [-0.05, 0) is 42.5 Å². The lowest BCUT2D eigenvalue weighted by Gasteiger charge is -2.44. The highest BCUT2D eigenvalue weighted by Crippen LogP contribution is 2.41. The zero-order valence-corrected chi connectivity index (χ0v) is 13.6. The summed E-state index contributed by atoms with van der Waals surface area (Å²) in [4.78, 5) is 2.61. The van der Waals surface area contributed by atoms with Gasteiger partial charge in [0.2, 0.25) is 0 Å². The van der Waals surface area contributed by atoms with Gasteiger partial charge in [-0.1, -0.05) is 0 Å². The van der Waals surface area contributed by atoms with Crippen molar-refractivity contribution in [2.24, 2.45) is 5.73 Å². The number of methoxy groups -OCH3 is 2. The molecular formula is C17H27N3O2. The molecule has 2 heterocycles. The Morgan fingerprint density at radius 2 is 2.00 bits per heavy atom. The van der Waals surface area contributed by atoms with Crippen molar-refractivity contribution in [2.45, 2.75) is 31.3 Å². The number of rotatable bonds is 5. The first-order valence-electron chi connectivity index (χ1n) is 8.19. The zero-order chi connectivity index (χ0) is 15.5. The number of hydrogen-bond acceptors (Lipinski definition) is 5. The van der Waals surface area contributed by atoms with E-state index in [1.807, 2.05) is 0 Å². The van der Waals surface area contributed by atoms with Gasteiger partial charge in [-0.2, -0.15) is 0 Å². The van der Waals surface area contributed by atoms with E-state index in [1.165, 1.54) is 17.5 Å². The second-order valence-corrected chi connectivity index (χ2v) is 6.17. The van der Waals surface area contributed by atoms with Gasteiger partial charge >= 0.3 is 0 Å². The van der Waals surface area contributed by atoms with Crippen LogP contribution in [0.15, 0.2) is 12.1 Å². The summed E-state index contributed by atoms with van der Waals surface area (Å²) in [6.45, 7) is 3.89. The largest absolute Gasteiger partial charge is 0.493 e. The lowest BCUT2D eigenvalue weighted by molar-refractivity contribution is 0.116. The fourth-order valence-corrected chi connectivity index (χ4v) is 3.81. The van der Waals surface area contributed by atoms with Gasteiger partial charge in [-0.3, -0.25) is 4.90 Å². The average molecular weight is 305 g/mol. The summed E-state index contributed by atoms with van der Waals surface area (Å²) in [6.07, 6.45) is 3.44. The molecule has 0 aromatic heterocycles. The van der Waals surface area contributed by atoms with Crippen molar-refractivity contribution in [3.8, 4) is 11.5 Å². The molecule has 3 rings (SSSR count). The van der Waals surface area contributed by atoms with E-state index >= 15 is 0 Å². The van der Waals surface area contributed by atoms with Crippen molar-refractivity contribution < 1.29 is 9.47 Å². The maximum atomic E-state index is 5.62. The van der Waals surface area contributed by atoms with Gasteiger partial charge in [0.25, 0.3) is 0 Å². The quantitative estimate of drug-likeness (QED) is 0.859. The Bertz CT molecular complexity index is 521. The summed E-state index contributed by atoms with van der Waals surface area (Å²) in [7, 11) is 3.41. The third-order valence-electron chi connectivity index (χ3n) is 4.96. The summed E-state index contributed by atoms with van der Waals surface area (Å²) in [6, 6.07) is 5.37. The fraction of sp³-hybridized carbons (Fsp3) is 0.647. The minimum absolute atomic E-state index is 0.479. The van der Waals surface area contributed by atoms with Crippen LogP contribution in [0.3, 0.4) is 0 Å². The summed E-state index contributed by atoms with van der Waals surface area (Å²) in [5.74, 6) is 1.67. The molecule has 2 unspecified atom stereocenters. The van der Waals surface area contributed by atoms with Crippen LogP contribution < -0.4 is 20.5 Å². The molecule has 5 heteroatoms. The first-order chi connectivity index (χ1) is 10.8. The molecule has 2 atom stereocenters. The third kappa shape index (κ3) is 2.93. The Balaban J connectivity index is 1.86. The minimum Gasteiger partial charge on any atom is -0.493 e. The summed E-state index contributed by atoms with van der Waals surface area (Å²) < 4.78 is 10.9. The molecule has 3 N–H and O–H groups in total. The number of nitrogens with two attached hydrogens (primary N) is 1. The van der Waals surface area contributed by atoms with Crippen molar-refractivity contribution >= 4 is 0 Å². The average Bonchev–Trinajstić information content (AvgIpc) is 2.58. The van der Waals surface area contributed by atoms with Gasteiger partial charge in [0, 0.05) is 38.3 Å². The van der Waals surface area contributed by atoms with Gasteiger partial charge in [-0.15, -0.1) is 0 Å². The number of ether oxygens (including phenoxy) is 2. The predicted octanol–water partition coefficient (Wildman–Crippen LogP) is 1.31. The van der Waals surface area contributed by atoms with Gasteiger partial charge in [-0.25, -0.2) is 0 Å². The number of piperidine rings is 1. The predicted molar refractivity (Wildman–Crippen MR) is 87.6 cm³/mol. The molecule has 2 aliphatic heterocycles. The van der Waals surface area contributed by atoms with Crippen LogP contribution in [-0.4, -0.2) is 51.3 Å². The van der Waals surface area contributed by atoms with E-state index in [0.29, 0.717) is 18.6 Å². The normalized spacial score (nSPS) is 24.5. The number of benzene rings is 1. The zero-order valence-electron chi connectivity index (χ0n) is 13.6. The van der Waals surface area contributed by atoms with Crippen LogP contribution in [0.4, 0.5) is 0 Å². The van der Waals surface area contributed by atoms with Crippen molar-refractivity contribution in [3.63, 3.8) is 0 Å². The molecule has 1 aromatic rings. The van der Waals surface area contributed by atoms with E-state index in [0.717, 1.165) is 44.0 Å². The van der Waals surface area contributed by atoms with E-state index in [-0.39, 0.29) is 0 Å². The van der Waals surface area contributed by atoms with Crippen LogP contribution in [-0.2, 0) is 6.42 Å². The Morgan fingerprint density at radius 1 is 1.23 bits per heavy atom. The highest BCUT2D eigenvalue weighted by atomic mass is 16.5. The summed E-state index contributed by atoms with van der Waals surface area (Å²) in [5.41, 5.74) is 8.43. The second kappa shape index (κ2) is 6.86. The molecule has 0 radical (unpaired) electrons. The lowest BCUT2D eigenvalue weighted by atomic mass is 9.84. The number of fused-ring (bicyclic) bond motifs is 3. The molecule has 1 aromatic carbocycles. The van der Waals surface area contributed by atoms with E-state index in [4.69, 9.17) is 15.2 Å². The van der Waals surface area contributed by atoms with Gasteiger partial charge < -0.3 is 20.5 Å². The van der Waals surface area contributed by atoms with Crippen LogP contribution in [0.5, 0.6) is 11.5 Å².